The molecule has 76 valence electrons. The first-order valence-electron chi connectivity index (χ1n) is 3.49. The smallest absolute Gasteiger partial charge is 0.330 e. The summed E-state index contributed by atoms with van der Waals surface area (Å²) in [6.07, 6.45) is 0. The molecule has 0 fully saturated rings. The molecule has 0 radical (unpaired) electrons. The van der Waals surface area contributed by atoms with Crippen LogP contribution in [0.25, 0.3) is 0 Å². The maximum Gasteiger partial charge on any atom is 0.330 e. The van der Waals surface area contributed by atoms with Crippen molar-refractivity contribution in [2.75, 3.05) is 0 Å². The number of hydrogen-bond donors (Lipinski definition) is 1. The van der Waals surface area contributed by atoms with Gasteiger partial charge < -0.3 is 4.89 Å². The maximum absolute atomic E-state index is 11.0. The topological polar surface area (TPSA) is 86.7 Å². The molecule has 0 spiro atoms. The van der Waals surface area contributed by atoms with Crippen LogP contribution >= 0.6 is 8.00 Å². The number of benzene rings is 1. The predicted molar refractivity (Wildman–Crippen MR) is 51.6 cm³/mol. The molecule has 7 heteroatoms. The van der Waals surface area contributed by atoms with Gasteiger partial charge in [0, 0.05) is 0 Å². The van der Waals surface area contributed by atoms with Crippen LogP contribution in [-0.4, -0.2) is 18.1 Å². The Balaban J connectivity index is 2.77. The Morgan fingerprint density at radius 2 is 1.93 bits per heavy atom. The van der Waals surface area contributed by atoms with E-state index in [0.717, 1.165) is 0 Å². The summed E-state index contributed by atoms with van der Waals surface area (Å²) >= 11 is 0. The first kappa shape index (κ1) is 11.1. The lowest BCUT2D eigenvalue weighted by Crippen LogP contribution is -2.04. The van der Waals surface area contributed by atoms with Crippen molar-refractivity contribution in [1.82, 2.24) is 0 Å². The van der Waals surface area contributed by atoms with Crippen LogP contribution in [0.15, 0.2) is 30.3 Å². The molecule has 5 nitrogen and oxygen atoms in total. The third-order valence-corrected chi connectivity index (χ3v) is 3.30. The fourth-order valence-electron chi connectivity index (χ4n) is 0.716. The van der Waals surface area contributed by atoms with Gasteiger partial charge in [0.15, 0.2) is 5.75 Å². The Morgan fingerprint density at radius 1 is 1.36 bits per heavy atom. The molecular weight excluding hydrogens is 227 g/mol. The standard InChI is InChI=1S/C7H7O5PS/c8-13(6-14(9,10)11)12-7-4-2-1-3-5-7/h1-6H,(H,9,10,11). The molecule has 1 atom stereocenters. The molecule has 1 N–H and O–H groups in total. The van der Waals surface area contributed by atoms with E-state index in [-0.39, 0.29) is 10.9 Å². The van der Waals surface area contributed by atoms with E-state index in [1.165, 1.54) is 12.1 Å². The first-order valence-corrected chi connectivity index (χ1v) is 6.24. The normalized spacial score (nSPS) is 12.6. The molecule has 1 unspecified atom stereocenters. The minimum atomic E-state index is -4.38. The van der Waals surface area contributed by atoms with Crippen LogP contribution < -0.4 is 9.42 Å². The predicted octanol–water partition coefficient (Wildman–Crippen LogP) is 0.385. The van der Waals surface area contributed by atoms with Gasteiger partial charge in [-0.25, -0.2) is 0 Å². The van der Waals surface area contributed by atoms with Gasteiger partial charge in [0.2, 0.25) is 0 Å². The second kappa shape index (κ2) is 4.52. The Labute approximate surface area is 82.3 Å². The number of para-hydroxylation sites is 1. The molecule has 0 aromatic heterocycles. The van der Waals surface area contributed by atoms with Crippen LogP contribution in [0.3, 0.4) is 0 Å². The lowest BCUT2D eigenvalue weighted by molar-refractivity contribution is -0.165. The second-order valence-electron chi connectivity index (χ2n) is 2.31. The van der Waals surface area contributed by atoms with Gasteiger partial charge in [-0.05, 0) is 12.1 Å². The number of hydrogen-bond acceptors (Lipinski definition) is 4. The average molecular weight is 234 g/mol. The quantitative estimate of drug-likeness (QED) is 0.603. The van der Waals surface area contributed by atoms with Gasteiger partial charge in [0.1, 0.15) is 0 Å². The van der Waals surface area contributed by atoms with Crippen LogP contribution in [0, 0.1) is 0 Å². The van der Waals surface area contributed by atoms with E-state index in [9.17, 15) is 13.3 Å². The van der Waals surface area contributed by atoms with E-state index in [0.29, 0.717) is 0 Å². The minimum absolute atomic E-state index is 0.245. The molecule has 1 aromatic rings. The summed E-state index contributed by atoms with van der Waals surface area (Å²) in [7, 11) is -6.94. The lowest BCUT2D eigenvalue weighted by Gasteiger charge is -1.97. The highest BCUT2D eigenvalue weighted by atomic mass is 32.2. The van der Waals surface area contributed by atoms with Crippen molar-refractivity contribution < 1.29 is 22.4 Å². The summed E-state index contributed by atoms with van der Waals surface area (Å²) in [6, 6.07) is 8.06. The van der Waals surface area contributed by atoms with Crippen LogP contribution in [0.4, 0.5) is 0 Å². The van der Waals surface area contributed by atoms with Gasteiger partial charge in [-0.1, -0.05) is 18.2 Å². The largest absolute Gasteiger partial charge is 0.594 e. The molecular formula is C7H7O5PS. The van der Waals surface area contributed by atoms with Gasteiger partial charge in [-0.3, -0.25) is 9.08 Å². The molecule has 0 aliphatic rings. The van der Waals surface area contributed by atoms with Crippen molar-refractivity contribution in [1.29, 1.82) is 0 Å². The highest BCUT2D eigenvalue weighted by molar-refractivity contribution is 8.05. The molecule has 0 saturated carbocycles. The van der Waals surface area contributed by atoms with Crippen LogP contribution in [0.1, 0.15) is 0 Å². The highest BCUT2D eigenvalue weighted by Gasteiger charge is 2.09. The third kappa shape index (κ3) is 4.34. The van der Waals surface area contributed by atoms with Crippen molar-refractivity contribution in [2.45, 2.75) is 0 Å². The van der Waals surface area contributed by atoms with Crippen molar-refractivity contribution in [3.05, 3.63) is 30.3 Å². The number of rotatable bonds is 3. The first-order chi connectivity index (χ1) is 6.47. The summed E-state index contributed by atoms with van der Waals surface area (Å²) in [5.41, 5.74) is 0. The monoisotopic (exact) mass is 234 g/mol. The summed E-state index contributed by atoms with van der Waals surface area (Å²) in [4.78, 5) is 11.0. The average Bonchev–Trinajstić information content (AvgIpc) is 2.02. The van der Waals surface area contributed by atoms with Crippen LogP contribution in [0.2, 0.25) is 0 Å². The summed E-state index contributed by atoms with van der Waals surface area (Å²) in [5.74, 6) is 0.272. The Bertz CT molecular complexity index is 425. The zero-order valence-electron chi connectivity index (χ0n) is 6.90. The molecule has 0 bridgehead atoms. The summed E-state index contributed by atoms with van der Waals surface area (Å²) in [5, 5.41) is 0.245. The summed E-state index contributed by atoms with van der Waals surface area (Å²) in [6.45, 7) is 0. The molecule has 0 aliphatic carbocycles. The van der Waals surface area contributed by atoms with Gasteiger partial charge in [0.25, 0.3) is 13.1 Å². The molecule has 0 saturated heterocycles. The third-order valence-electron chi connectivity index (χ3n) is 1.16. The van der Waals surface area contributed by atoms with E-state index in [1.807, 2.05) is 0 Å². The Hall–Kier alpha value is -0.940. The molecule has 0 aliphatic heterocycles. The van der Waals surface area contributed by atoms with Gasteiger partial charge in [-0.15, -0.1) is 0 Å². The molecule has 14 heavy (non-hydrogen) atoms. The molecule has 0 amide bonds. The van der Waals surface area contributed by atoms with E-state index in [1.54, 1.807) is 18.2 Å². The lowest BCUT2D eigenvalue weighted by atomic mass is 10.3. The minimum Gasteiger partial charge on any atom is -0.594 e. The van der Waals surface area contributed by atoms with Crippen LogP contribution in [0.5, 0.6) is 5.75 Å². The maximum atomic E-state index is 11.0. The van der Waals surface area contributed by atoms with Crippen molar-refractivity contribution in [2.24, 2.45) is 0 Å². The Morgan fingerprint density at radius 3 is 2.43 bits per heavy atom. The van der Waals surface area contributed by atoms with E-state index < -0.39 is 18.1 Å². The zero-order valence-corrected chi connectivity index (χ0v) is 8.61. The van der Waals surface area contributed by atoms with E-state index >= 15 is 0 Å². The van der Waals surface area contributed by atoms with Crippen molar-refractivity contribution in [3.63, 3.8) is 0 Å². The molecule has 0 heterocycles. The summed E-state index contributed by atoms with van der Waals surface area (Å²) < 4.78 is 33.6. The van der Waals surface area contributed by atoms with Gasteiger partial charge in [0.05, 0.1) is 0 Å². The highest BCUT2D eigenvalue weighted by Crippen LogP contribution is 2.20. The van der Waals surface area contributed by atoms with Crippen LogP contribution in [-0.2, 0) is 10.1 Å². The van der Waals surface area contributed by atoms with E-state index in [2.05, 4.69) is 0 Å². The van der Waals surface area contributed by atoms with Crippen molar-refractivity contribution in [3.8, 4) is 5.75 Å². The van der Waals surface area contributed by atoms with Gasteiger partial charge in [-0.2, -0.15) is 8.42 Å². The zero-order chi connectivity index (χ0) is 10.6. The Kier molecular flexibility index (Phi) is 3.60. The SMILES string of the molecule is O=S(=O)(O)/C=[P+](\[O-])Oc1ccccc1. The fourth-order valence-corrected chi connectivity index (χ4v) is 2.09. The second-order valence-corrected chi connectivity index (χ2v) is 4.94. The fraction of sp³-hybridized carbons (Fsp3) is 0. The van der Waals surface area contributed by atoms with E-state index in [4.69, 9.17) is 9.08 Å². The van der Waals surface area contributed by atoms with Crippen molar-refractivity contribution >= 4 is 23.2 Å². The van der Waals surface area contributed by atoms with Gasteiger partial charge >= 0.3 is 10.1 Å². The molecule has 1 rings (SSSR count). The molecule has 1 aromatic carbocycles.